The van der Waals surface area contributed by atoms with E-state index in [1.54, 1.807) is 6.20 Å². The third-order valence-electron chi connectivity index (χ3n) is 6.85. The number of nitrogens with one attached hydrogen (secondary N) is 1. The van der Waals surface area contributed by atoms with Crippen LogP contribution in [-0.4, -0.2) is 44.7 Å². The van der Waals surface area contributed by atoms with Crippen molar-refractivity contribution < 1.29 is 0 Å². The van der Waals surface area contributed by atoms with Crippen molar-refractivity contribution in [3.8, 4) is 17.3 Å². The lowest BCUT2D eigenvalue weighted by Crippen LogP contribution is -2.58. The smallest absolute Gasteiger partial charge is 0.278 e. The molecule has 0 saturated carbocycles. The van der Waals surface area contributed by atoms with E-state index in [0.717, 1.165) is 49.4 Å². The normalized spacial score (nSPS) is 22.8. The van der Waals surface area contributed by atoms with Gasteiger partial charge in [-0.25, -0.2) is 4.98 Å². The predicted molar refractivity (Wildman–Crippen MR) is 119 cm³/mol. The molecule has 2 aliphatic rings. The summed E-state index contributed by atoms with van der Waals surface area (Å²) >= 11 is 0. The highest BCUT2D eigenvalue weighted by Crippen LogP contribution is 2.47. The lowest BCUT2D eigenvalue weighted by molar-refractivity contribution is 0.388. The van der Waals surface area contributed by atoms with Crippen LogP contribution in [0.15, 0.2) is 47.5 Å². The Morgan fingerprint density at radius 3 is 2.77 bits per heavy atom. The molecule has 1 N–H and O–H groups in total. The zero-order valence-corrected chi connectivity index (χ0v) is 17.8. The monoisotopic (exact) mass is 404 g/mol. The first-order chi connectivity index (χ1) is 14.6. The minimum Gasteiger partial charge on any atom is -0.365 e. The highest BCUT2D eigenvalue weighted by atomic mass is 16.1. The second kappa shape index (κ2) is 7.00. The molecule has 4 heterocycles. The van der Waals surface area contributed by atoms with E-state index in [1.807, 2.05) is 48.1 Å². The fourth-order valence-electron chi connectivity index (χ4n) is 5.34. The molecule has 0 amide bonds. The zero-order chi connectivity index (χ0) is 20.9. The third-order valence-corrected chi connectivity index (χ3v) is 6.85. The van der Waals surface area contributed by atoms with Gasteiger partial charge in [0, 0.05) is 37.6 Å². The summed E-state index contributed by atoms with van der Waals surface area (Å²) in [5, 5.41) is 0. The van der Waals surface area contributed by atoms with E-state index < -0.39 is 0 Å². The first kappa shape index (κ1) is 18.9. The number of hydrogen-bond acceptors (Lipinski definition) is 5. The summed E-state index contributed by atoms with van der Waals surface area (Å²) < 4.78 is 1.87. The van der Waals surface area contributed by atoms with E-state index >= 15 is 0 Å². The second-order valence-electron chi connectivity index (χ2n) is 8.45. The van der Waals surface area contributed by atoms with Crippen LogP contribution in [0.1, 0.15) is 39.5 Å². The SMILES string of the molecule is CC[C@@H]1CC[C@@]2(CC)CN(C)c3c(nc(-n4ccnc4-c4ccccc4)[nH]c3=O)N12. The van der Waals surface area contributed by atoms with Gasteiger partial charge < -0.3 is 9.80 Å². The van der Waals surface area contributed by atoms with Crippen LogP contribution in [-0.2, 0) is 0 Å². The van der Waals surface area contributed by atoms with E-state index in [2.05, 4.69) is 33.6 Å². The van der Waals surface area contributed by atoms with Crippen LogP contribution in [0.25, 0.3) is 17.3 Å². The van der Waals surface area contributed by atoms with Gasteiger partial charge in [0.25, 0.3) is 5.56 Å². The molecule has 2 atom stereocenters. The number of rotatable bonds is 4. The molecule has 30 heavy (non-hydrogen) atoms. The summed E-state index contributed by atoms with van der Waals surface area (Å²) in [4.78, 5) is 30.3. The van der Waals surface area contributed by atoms with E-state index in [9.17, 15) is 4.79 Å². The van der Waals surface area contributed by atoms with E-state index in [0.29, 0.717) is 17.7 Å². The van der Waals surface area contributed by atoms with Crippen LogP contribution in [0, 0.1) is 0 Å². The van der Waals surface area contributed by atoms with Crippen molar-refractivity contribution in [1.82, 2.24) is 19.5 Å². The van der Waals surface area contributed by atoms with Gasteiger partial charge in [-0.05, 0) is 25.7 Å². The number of aromatic amines is 1. The summed E-state index contributed by atoms with van der Waals surface area (Å²) in [6.07, 6.45) is 7.97. The lowest BCUT2D eigenvalue weighted by Gasteiger charge is -2.49. The maximum absolute atomic E-state index is 13.2. The number of aromatic nitrogens is 4. The molecule has 0 bridgehead atoms. The van der Waals surface area contributed by atoms with Crippen LogP contribution in [0.2, 0.25) is 0 Å². The minimum atomic E-state index is -0.100. The molecule has 0 spiro atoms. The molecule has 0 aliphatic carbocycles. The maximum Gasteiger partial charge on any atom is 0.278 e. The largest absolute Gasteiger partial charge is 0.365 e. The molecule has 1 saturated heterocycles. The number of benzene rings is 1. The van der Waals surface area contributed by atoms with Crippen LogP contribution in [0.3, 0.4) is 0 Å². The topological polar surface area (TPSA) is 70.0 Å². The molecule has 2 aromatic heterocycles. The molecule has 5 rings (SSSR count). The molecule has 0 unspecified atom stereocenters. The predicted octanol–water partition coefficient (Wildman–Crippen LogP) is 3.60. The molecule has 3 aromatic rings. The van der Waals surface area contributed by atoms with Crippen molar-refractivity contribution in [2.75, 3.05) is 23.4 Å². The molecular formula is C23H28N6O. The van der Waals surface area contributed by atoms with Gasteiger partial charge in [0.05, 0.1) is 5.54 Å². The summed E-state index contributed by atoms with van der Waals surface area (Å²) in [6, 6.07) is 10.4. The van der Waals surface area contributed by atoms with Crippen LogP contribution < -0.4 is 15.4 Å². The van der Waals surface area contributed by atoms with Gasteiger partial charge in [0.2, 0.25) is 5.95 Å². The van der Waals surface area contributed by atoms with Crippen LogP contribution >= 0.6 is 0 Å². The molecule has 7 heteroatoms. The maximum atomic E-state index is 13.2. The number of H-pyrrole nitrogens is 1. The Morgan fingerprint density at radius 1 is 1.23 bits per heavy atom. The van der Waals surface area contributed by atoms with Crippen molar-refractivity contribution >= 4 is 11.5 Å². The van der Waals surface area contributed by atoms with Gasteiger partial charge in [0.15, 0.2) is 5.82 Å². The van der Waals surface area contributed by atoms with Crippen molar-refractivity contribution in [3.05, 3.63) is 53.1 Å². The molecular weight excluding hydrogens is 376 g/mol. The molecule has 2 aliphatic heterocycles. The van der Waals surface area contributed by atoms with E-state index in [4.69, 9.17) is 4.98 Å². The first-order valence-electron chi connectivity index (χ1n) is 10.8. The molecule has 156 valence electrons. The number of anilines is 2. The summed E-state index contributed by atoms with van der Waals surface area (Å²) in [7, 11) is 2.01. The first-order valence-corrected chi connectivity index (χ1v) is 10.8. The average molecular weight is 405 g/mol. The molecule has 7 nitrogen and oxygen atoms in total. The van der Waals surface area contributed by atoms with E-state index in [-0.39, 0.29) is 11.1 Å². The number of imidazole rings is 1. The van der Waals surface area contributed by atoms with Crippen LogP contribution in [0.5, 0.6) is 0 Å². The summed E-state index contributed by atoms with van der Waals surface area (Å²) in [6.45, 7) is 5.34. The summed E-state index contributed by atoms with van der Waals surface area (Å²) in [5.74, 6) is 2.08. The fourth-order valence-corrected chi connectivity index (χ4v) is 5.34. The number of likely N-dealkylation sites (N-methyl/N-ethyl adjacent to an activating group) is 1. The molecule has 1 aromatic carbocycles. The van der Waals surface area contributed by atoms with Gasteiger partial charge in [-0.15, -0.1) is 0 Å². The highest BCUT2D eigenvalue weighted by Gasteiger charge is 2.50. The van der Waals surface area contributed by atoms with Crippen molar-refractivity contribution in [3.63, 3.8) is 0 Å². The Morgan fingerprint density at radius 2 is 2.03 bits per heavy atom. The van der Waals surface area contributed by atoms with Gasteiger partial charge >= 0.3 is 0 Å². The number of nitrogens with zero attached hydrogens (tertiary/aromatic N) is 5. The quantitative estimate of drug-likeness (QED) is 0.719. The minimum absolute atomic E-state index is 0.0394. The van der Waals surface area contributed by atoms with Crippen molar-refractivity contribution in [2.45, 2.75) is 51.1 Å². The average Bonchev–Trinajstić information content (AvgIpc) is 3.39. The third kappa shape index (κ3) is 2.68. The van der Waals surface area contributed by atoms with Gasteiger partial charge in [-0.3, -0.25) is 14.3 Å². The lowest BCUT2D eigenvalue weighted by atomic mass is 9.90. The Hall–Kier alpha value is -3.09. The summed E-state index contributed by atoms with van der Waals surface area (Å²) in [5.41, 5.74) is 1.59. The second-order valence-corrected chi connectivity index (χ2v) is 8.45. The Balaban J connectivity index is 1.70. The Labute approximate surface area is 176 Å². The standard InChI is InChI=1S/C23H28N6O/c1-4-17-11-12-23(5-2)15-27(3)18-20(29(17)23)25-22(26-21(18)30)28-14-13-24-19(28)16-9-7-6-8-10-16/h6-10,13-14,17H,4-5,11-12,15H2,1-3H3,(H,25,26,30)/t17-,23+/m1/s1. The fraction of sp³-hybridized carbons (Fsp3) is 0.435. The number of hydrogen-bond donors (Lipinski definition) is 1. The molecule has 0 radical (unpaired) electrons. The Kier molecular flexibility index (Phi) is 4.41. The number of fused-ring (bicyclic) bond motifs is 3. The highest BCUT2D eigenvalue weighted by molar-refractivity contribution is 5.72. The zero-order valence-electron chi connectivity index (χ0n) is 17.8. The van der Waals surface area contributed by atoms with E-state index in [1.165, 1.54) is 0 Å². The van der Waals surface area contributed by atoms with Gasteiger partial charge in [-0.1, -0.05) is 44.2 Å². The van der Waals surface area contributed by atoms with Crippen molar-refractivity contribution in [2.24, 2.45) is 0 Å². The van der Waals surface area contributed by atoms with Gasteiger partial charge in [-0.2, -0.15) is 4.98 Å². The van der Waals surface area contributed by atoms with Crippen LogP contribution in [0.4, 0.5) is 11.5 Å². The van der Waals surface area contributed by atoms with Crippen molar-refractivity contribution in [1.29, 1.82) is 0 Å². The van der Waals surface area contributed by atoms with Gasteiger partial charge in [0.1, 0.15) is 11.5 Å². The Bertz CT molecular complexity index is 1120. The molecule has 1 fully saturated rings.